The van der Waals surface area contributed by atoms with Crippen LogP contribution in [0.5, 0.6) is 0 Å². The summed E-state index contributed by atoms with van der Waals surface area (Å²) in [5.74, 6) is 1.75. The van der Waals surface area contributed by atoms with Crippen molar-refractivity contribution in [3.63, 3.8) is 0 Å². The van der Waals surface area contributed by atoms with Crippen LogP contribution in [0.15, 0.2) is 11.6 Å². The molecule has 0 N–H and O–H groups in total. The first-order chi connectivity index (χ1) is 12.3. The minimum absolute atomic E-state index is 0.167. The molecule has 3 saturated carbocycles. The normalized spacial score (nSPS) is 56.5. The van der Waals surface area contributed by atoms with Crippen molar-refractivity contribution in [1.29, 1.82) is 0 Å². The molecule has 1 spiro atoms. The second-order valence-electron chi connectivity index (χ2n) is 11.2. The SMILES string of the molecule is CC1COC2(CCC3C4CCC5(C)CCCCC5(C)C4=CCC32C)OC1. The summed E-state index contributed by atoms with van der Waals surface area (Å²) in [6.07, 6.45) is 14.8. The van der Waals surface area contributed by atoms with Gasteiger partial charge >= 0.3 is 0 Å². The number of ether oxygens (including phenoxy) is 2. The molecule has 2 nitrogen and oxygen atoms in total. The zero-order valence-electron chi connectivity index (χ0n) is 17.4. The Kier molecular flexibility index (Phi) is 3.82. The van der Waals surface area contributed by atoms with Gasteiger partial charge in [0.2, 0.25) is 0 Å². The van der Waals surface area contributed by atoms with Gasteiger partial charge in [-0.15, -0.1) is 0 Å². The second-order valence-corrected chi connectivity index (χ2v) is 11.2. The fourth-order valence-electron chi connectivity index (χ4n) is 7.92. The Bertz CT molecular complexity index is 616. The summed E-state index contributed by atoms with van der Waals surface area (Å²) in [6, 6.07) is 0. The van der Waals surface area contributed by atoms with Gasteiger partial charge in [0.15, 0.2) is 5.79 Å². The average Bonchev–Trinajstić information content (AvgIpc) is 2.91. The maximum absolute atomic E-state index is 6.49. The molecule has 5 atom stereocenters. The van der Waals surface area contributed by atoms with Crippen LogP contribution in [0.1, 0.15) is 85.5 Å². The van der Waals surface area contributed by atoms with E-state index in [2.05, 4.69) is 33.8 Å². The molecule has 5 rings (SSSR count). The maximum Gasteiger partial charge on any atom is 0.174 e. The van der Waals surface area contributed by atoms with Crippen LogP contribution in [-0.2, 0) is 9.47 Å². The summed E-state index contributed by atoms with van der Waals surface area (Å²) < 4.78 is 13.0. The van der Waals surface area contributed by atoms with E-state index in [4.69, 9.17) is 9.47 Å². The largest absolute Gasteiger partial charge is 0.349 e. The lowest BCUT2D eigenvalue weighted by Crippen LogP contribution is -2.57. The van der Waals surface area contributed by atoms with Gasteiger partial charge in [-0.3, -0.25) is 0 Å². The van der Waals surface area contributed by atoms with Crippen LogP contribution in [0.25, 0.3) is 0 Å². The van der Waals surface area contributed by atoms with Gasteiger partial charge in [0.1, 0.15) is 0 Å². The lowest BCUT2D eigenvalue weighted by Gasteiger charge is -2.61. The molecule has 0 bridgehead atoms. The van der Waals surface area contributed by atoms with E-state index in [1.807, 2.05) is 5.57 Å². The molecular formula is C24H38O2. The van der Waals surface area contributed by atoms with Crippen LogP contribution in [-0.4, -0.2) is 19.0 Å². The Morgan fingerprint density at radius 1 is 0.923 bits per heavy atom. The fourth-order valence-corrected chi connectivity index (χ4v) is 7.92. The van der Waals surface area contributed by atoms with Crippen molar-refractivity contribution < 1.29 is 9.47 Å². The molecule has 5 aliphatic rings. The topological polar surface area (TPSA) is 18.5 Å². The zero-order valence-corrected chi connectivity index (χ0v) is 17.4. The Morgan fingerprint density at radius 3 is 2.42 bits per heavy atom. The van der Waals surface area contributed by atoms with E-state index in [-0.39, 0.29) is 11.2 Å². The summed E-state index contributed by atoms with van der Waals surface area (Å²) in [4.78, 5) is 0. The van der Waals surface area contributed by atoms with Crippen LogP contribution in [0.4, 0.5) is 0 Å². The van der Waals surface area contributed by atoms with Crippen LogP contribution in [0, 0.1) is 34.0 Å². The highest BCUT2D eigenvalue weighted by Gasteiger charge is 2.66. The first-order valence-corrected chi connectivity index (χ1v) is 11.3. The molecule has 146 valence electrons. The molecule has 4 aliphatic carbocycles. The van der Waals surface area contributed by atoms with Gasteiger partial charge in [-0.05, 0) is 61.2 Å². The van der Waals surface area contributed by atoms with Crippen LogP contribution in [0.3, 0.4) is 0 Å². The molecule has 26 heavy (non-hydrogen) atoms. The molecule has 0 aromatic carbocycles. The zero-order chi connectivity index (χ0) is 18.2. The van der Waals surface area contributed by atoms with Crippen molar-refractivity contribution in [2.24, 2.45) is 34.0 Å². The van der Waals surface area contributed by atoms with E-state index < -0.39 is 0 Å². The molecule has 0 aromatic rings. The minimum Gasteiger partial charge on any atom is -0.349 e. The van der Waals surface area contributed by atoms with Crippen molar-refractivity contribution in [3.8, 4) is 0 Å². The van der Waals surface area contributed by atoms with Gasteiger partial charge in [-0.2, -0.15) is 0 Å². The third kappa shape index (κ3) is 2.07. The summed E-state index contributed by atoms with van der Waals surface area (Å²) in [5, 5.41) is 0. The molecule has 0 amide bonds. The molecule has 5 unspecified atom stereocenters. The van der Waals surface area contributed by atoms with Gasteiger partial charge < -0.3 is 9.47 Å². The number of hydrogen-bond acceptors (Lipinski definition) is 2. The number of fused-ring (bicyclic) bond motifs is 6. The van der Waals surface area contributed by atoms with E-state index in [0.29, 0.717) is 16.7 Å². The monoisotopic (exact) mass is 358 g/mol. The van der Waals surface area contributed by atoms with Gasteiger partial charge in [-0.1, -0.05) is 52.2 Å². The number of hydrogen-bond donors (Lipinski definition) is 0. The van der Waals surface area contributed by atoms with E-state index in [1.165, 1.54) is 44.9 Å². The highest BCUT2D eigenvalue weighted by atomic mass is 16.7. The number of allylic oxidation sites excluding steroid dienone is 2. The third-order valence-electron chi connectivity index (χ3n) is 9.94. The van der Waals surface area contributed by atoms with Crippen LogP contribution in [0.2, 0.25) is 0 Å². The lowest BCUT2D eigenvalue weighted by atomic mass is 9.44. The second kappa shape index (κ2) is 5.60. The van der Waals surface area contributed by atoms with Crippen molar-refractivity contribution in [2.75, 3.05) is 13.2 Å². The summed E-state index contributed by atoms with van der Waals surface area (Å²) in [5.41, 5.74) is 2.98. The van der Waals surface area contributed by atoms with Gasteiger partial charge in [0, 0.05) is 17.8 Å². The number of rotatable bonds is 0. The molecule has 0 aromatic heterocycles. The Labute approximate surface area is 160 Å². The van der Waals surface area contributed by atoms with Crippen molar-refractivity contribution in [3.05, 3.63) is 11.6 Å². The highest BCUT2D eigenvalue weighted by molar-refractivity contribution is 5.31. The smallest absolute Gasteiger partial charge is 0.174 e. The summed E-state index contributed by atoms with van der Waals surface area (Å²) >= 11 is 0. The molecule has 0 radical (unpaired) electrons. The van der Waals surface area contributed by atoms with Crippen LogP contribution < -0.4 is 0 Å². The predicted octanol–water partition coefficient (Wildman–Crippen LogP) is 6.11. The molecule has 1 aliphatic heterocycles. The molecule has 1 saturated heterocycles. The first kappa shape index (κ1) is 17.7. The maximum atomic E-state index is 6.49. The van der Waals surface area contributed by atoms with Gasteiger partial charge in [-0.25, -0.2) is 0 Å². The third-order valence-corrected chi connectivity index (χ3v) is 9.94. The fraction of sp³-hybridized carbons (Fsp3) is 0.917. The van der Waals surface area contributed by atoms with Crippen molar-refractivity contribution in [1.82, 2.24) is 0 Å². The first-order valence-electron chi connectivity index (χ1n) is 11.3. The predicted molar refractivity (Wildman–Crippen MR) is 105 cm³/mol. The minimum atomic E-state index is -0.305. The molecule has 1 heterocycles. The van der Waals surface area contributed by atoms with E-state index >= 15 is 0 Å². The highest BCUT2D eigenvalue weighted by Crippen LogP contribution is 2.70. The van der Waals surface area contributed by atoms with Crippen LogP contribution >= 0.6 is 0 Å². The Morgan fingerprint density at radius 2 is 1.65 bits per heavy atom. The van der Waals surface area contributed by atoms with E-state index in [9.17, 15) is 0 Å². The van der Waals surface area contributed by atoms with Crippen molar-refractivity contribution in [2.45, 2.75) is 91.3 Å². The van der Waals surface area contributed by atoms with E-state index in [0.717, 1.165) is 37.9 Å². The Hall–Kier alpha value is -0.340. The van der Waals surface area contributed by atoms with E-state index in [1.54, 1.807) is 0 Å². The van der Waals surface area contributed by atoms with Gasteiger partial charge in [0.25, 0.3) is 0 Å². The average molecular weight is 359 g/mol. The summed E-state index contributed by atoms with van der Waals surface area (Å²) in [7, 11) is 0. The lowest BCUT2D eigenvalue weighted by molar-refractivity contribution is -0.327. The summed E-state index contributed by atoms with van der Waals surface area (Å²) in [6.45, 7) is 11.7. The molecule has 4 fully saturated rings. The molecule has 2 heteroatoms. The standard InChI is InChI=1S/C24H38O2/c1-17-15-25-24(26-16-17)14-9-20-18-7-12-21(2)10-5-6-11-22(21,3)19(18)8-13-23(20,24)4/h8,17-18,20H,5-7,9-16H2,1-4H3. The quantitative estimate of drug-likeness (QED) is 0.486. The van der Waals surface area contributed by atoms with Gasteiger partial charge in [0.05, 0.1) is 13.2 Å². The van der Waals surface area contributed by atoms with Crippen molar-refractivity contribution >= 4 is 0 Å². The molecular weight excluding hydrogens is 320 g/mol. The Balaban J connectivity index is 1.51.